The summed E-state index contributed by atoms with van der Waals surface area (Å²) in [7, 11) is 0. The van der Waals surface area contributed by atoms with Crippen LogP contribution in [-0.4, -0.2) is 35.1 Å². The third-order valence-electron chi connectivity index (χ3n) is 1.99. The Kier molecular flexibility index (Phi) is 2.64. The van der Waals surface area contributed by atoms with Crippen molar-refractivity contribution in [2.45, 2.75) is 32.6 Å². The minimum absolute atomic E-state index is 0.0273. The van der Waals surface area contributed by atoms with Gasteiger partial charge in [-0.1, -0.05) is 0 Å². The zero-order valence-corrected chi connectivity index (χ0v) is 8.39. The van der Waals surface area contributed by atoms with E-state index in [0.29, 0.717) is 6.54 Å². The molecule has 3 nitrogen and oxygen atoms in total. The minimum Gasteiger partial charge on any atom is -0.351 e. The summed E-state index contributed by atoms with van der Waals surface area (Å²) in [5.41, 5.74) is -0.495. The Hall–Kier alpha value is -0.280. The molecule has 0 aliphatic carbocycles. The monoisotopic (exact) mass is 191 g/mol. The first kappa shape index (κ1) is 9.81. The van der Waals surface area contributed by atoms with E-state index in [9.17, 15) is 4.79 Å². The number of rotatable bonds is 1. The predicted molar refractivity (Wildman–Crippen MR) is 47.1 cm³/mol. The molecule has 1 fully saturated rings. The van der Waals surface area contributed by atoms with Gasteiger partial charge < -0.3 is 9.64 Å². The molecule has 70 valence electrons. The second-order valence-corrected chi connectivity index (χ2v) is 3.78. The van der Waals surface area contributed by atoms with Crippen molar-refractivity contribution in [3.8, 4) is 0 Å². The summed E-state index contributed by atoms with van der Waals surface area (Å²) in [5.74, 6) is -0.0366. The van der Waals surface area contributed by atoms with E-state index in [1.54, 1.807) is 4.90 Å². The lowest BCUT2D eigenvalue weighted by Gasteiger charge is -2.29. The minimum atomic E-state index is -0.495. The van der Waals surface area contributed by atoms with E-state index in [-0.39, 0.29) is 17.9 Å². The summed E-state index contributed by atoms with van der Waals surface area (Å²) in [6.07, 6.45) is 0.104. The topological polar surface area (TPSA) is 29.5 Å². The third-order valence-corrected chi connectivity index (χ3v) is 2.22. The molecule has 1 unspecified atom stereocenters. The number of halogens is 1. The maximum absolute atomic E-state index is 11.3. The molecular weight excluding hydrogens is 178 g/mol. The van der Waals surface area contributed by atoms with Crippen LogP contribution in [0.25, 0.3) is 0 Å². The second-order valence-electron chi connectivity index (χ2n) is 3.51. The number of hydrogen-bond acceptors (Lipinski definition) is 2. The van der Waals surface area contributed by atoms with E-state index >= 15 is 0 Å². The SMILES string of the molecule is CC1CN(C(=O)CCl)C(C)(C)O1. The fourth-order valence-electron chi connectivity index (χ4n) is 1.54. The maximum Gasteiger partial charge on any atom is 0.239 e. The lowest BCUT2D eigenvalue weighted by molar-refractivity contribution is -0.142. The molecule has 0 N–H and O–H groups in total. The molecule has 0 aromatic heterocycles. The molecule has 1 atom stereocenters. The summed E-state index contributed by atoms with van der Waals surface area (Å²) in [6, 6.07) is 0. The quantitative estimate of drug-likeness (QED) is 0.584. The highest BCUT2D eigenvalue weighted by Crippen LogP contribution is 2.26. The first-order valence-electron chi connectivity index (χ1n) is 4.01. The molecule has 1 aliphatic rings. The van der Waals surface area contributed by atoms with Crippen molar-refractivity contribution >= 4 is 17.5 Å². The zero-order chi connectivity index (χ0) is 9.35. The number of carbonyl (C=O) groups is 1. The van der Waals surface area contributed by atoms with Crippen molar-refractivity contribution in [3.63, 3.8) is 0 Å². The molecular formula is C8H14ClNO2. The van der Waals surface area contributed by atoms with E-state index in [0.717, 1.165) is 0 Å². The number of nitrogens with zero attached hydrogens (tertiary/aromatic N) is 1. The Bertz CT molecular complexity index is 193. The fraction of sp³-hybridized carbons (Fsp3) is 0.875. The molecule has 0 spiro atoms. The number of alkyl halides is 1. The standard InChI is InChI=1S/C8H14ClNO2/c1-6-5-10(7(11)4-9)8(2,3)12-6/h6H,4-5H2,1-3H3. The Morgan fingerprint density at radius 1 is 1.75 bits per heavy atom. The number of ether oxygens (including phenoxy) is 1. The molecule has 0 aromatic rings. The second kappa shape index (κ2) is 3.23. The van der Waals surface area contributed by atoms with Gasteiger partial charge in [-0.2, -0.15) is 0 Å². The Labute approximate surface area is 77.6 Å². The lowest BCUT2D eigenvalue weighted by Crippen LogP contribution is -2.44. The average Bonchev–Trinajstić information content (AvgIpc) is 2.23. The smallest absolute Gasteiger partial charge is 0.239 e. The predicted octanol–water partition coefficient (Wildman–Crippen LogP) is 1.21. The summed E-state index contributed by atoms with van der Waals surface area (Å²) in [4.78, 5) is 13.0. The highest BCUT2D eigenvalue weighted by Gasteiger charge is 2.39. The van der Waals surface area contributed by atoms with Gasteiger partial charge in [-0.05, 0) is 20.8 Å². The van der Waals surface area contributed by atoms with Crippen molar-refractivity contribution in [3.05, 3.63) is 0 Å². The van der Waals surface area contributed by atoms with Gasteiger partial charge >= 0.3 is 0 Å². The van der Waals surface area contributed by atoms with Crippen molar-refractivity contribution in [1.29, 1.82) is 0 Å². The van der Waals surface area contributed by atoms with Crippen LogP contribution in [-0.2, 0) is 9.53 Å². The van der Waals surface area contributed by atoms with Gasteiger partial charge in [0.2, 0.25) is 5.91 Å². The van der Waals surface area contributed by atoms with Crippen LogP contribution in [0.1, 0.15) is 20.8 Å². The van der Waals surface area contributed by atoms with Crippen LogP contribution in [0.5, 0.6) is 0 Å². The van der Waals surface area contributed by atoms with Gasteiger partial charge in [-0.25, -0.2) is 0 Å². The summed E-state index contributed by atoms with van der Waals surface area (Å²) in [6.45, 7) is 6.34. The molecule has 1 saturated heterocycles. The Balaban J connectivity index is 2.71. The molecule has 4 heteroatoms. The lowest BCUT2D eigenvalue weighted by atomic mass is 10.2. The first-order valence-corrected chi connectivity index (χ1v) is 4.55. The van der Waals surface area contributed by atoms with Crippen LogP contribution in [0.2, 0.25) is 0 Å². The number of carbonyl (C=O) groups excluding carboxylic acids is 1. The van der Waals surface area contributed by atoms with Gasteiger partial charge in [0.1, 0.15) is 11.6 Å². The first-order chi connectivity index (χ1) is 5.47. The molecule has 1 aliphatic heterocycles. The largest absolute Gasteiger partial charge is 0.351 e. The van der Waals surface area contributed by atoms with E-state index in [1.165, 1.54) is 0 Å². The van der Waals surface area contributed by atoms with Crippen LogP contribution in [0.4, 0.5) is 0 Å². The van der Waals surface area contributed by atoms with E-state index in [4.69, 9.17) is 16.3 Å². The van der Waals surface area contributed by atoms with Crippen LogP contribution in [0.15, 0.2) is 0 Å². The van der Waals surface area contributed by atoms with Crippen LogP contribution in [0.3, 0.4) is 0 Å². The summed E-state index contributed by atoms with van der Waals surface area (Å²) in [5, 5.41) is 0. The normalized spacial score (nSPS) is 27.7. The Morgan fingerprint density at radius 2 is 2.33 bits per heavy atom. The van der Waals surface area contributed by atoms with Crippen molar-refractivity contribution in [2.24, 2.45) is 0 Å². The maximum atomic E-state index is 11.3. The molecule has 0 bridgehead atoms. The van der Waals surface area contributed by atoms with Gasteiger partial charge in [0.05, 0.1) is 6.10 Å². The Morgan fingerprint density at radius 3 is 2.67 bits per heavy atom. The summed E-state index contributed by atoms with van der Waals surface area (Å²) < 4.78 is 5.53. The molecule has 0 aromatic carbocycles. The fourth-order valence-corrected chi connectivity index (χ4v) is 1.69. The van der Waals surface area contributed by atoms with Gasteiger partial charge in [-0.15, -0.1) is 11.6 Å². The van der Waals surface area contributed by atoms with Crippen LogP contribution >= 0.6 is 11.6 Å². The number of amides is 1. The molecule has 1 heterocycles. The third kappa shape index (κ3) is 1.72. The highest BCUT2D eigenvalue weighted by atomic mass is 35.5. The van der Waals surface area contributed by atoms with Crippen molar-refractivity contribution in [2.75, 3.05) is 12.4 Å². The zero-order valence-electron chi connectivity index (χ0n) is 7.63. The van der Waals surface area contributed by atoms with Crippen LogP contribution in [0, 0.1) is 0 Å². The van der Waals surface area contributed by atoms with E-state index in [2.05, 4.69) is 0 Å². The molecule has 1 amide bonds. The van der Waals surface area contributed by atoms with Crippen molar-refractivity contribution in [1.82, 2.24) is 4.90 Å². The van der Waals surface area contributed by atoms with Crippen molar-refractivity contribution < 1.29 is 9.53 Å². The average molecular weight is 192 g/mol. The van der Waals surface area contributed by atoms with E-state index in [1.807, 2.05) is 20.8 Å². The molecule has 1 rings (SSSR count). The molecule has 12 heavy (non-hydrogen) atoms. The van der Waals surface area contributed by atoms with Gasteiger partial charge in [0.15, 0.2) is 0 Å². The summed E-state index contributed by atoms with van der Waals surface area (Å²) >= 11 is 5.46. The highest BCUT2D eigenvalue weighted by molar-refractivity contribution is 6.27. The van der Waals surface area contributed by atoms with Gasteiger partial charge in [-0.3, -0.25) is 4.79 Å². The molecule has 0 radical (unpaired) electrons. The van der Waals surface area contributed by atoms with Crippen LogP contribution < -0.4 is 0 Å². The molecule has 0 saturated carbocycles. The van der Waals surface area contributed by atoms with Gasteiger partial charge in [0.25, 0.3) is 0 Å². The van der Waals surface area contributed by atoms with Gasteiger partial charge in [0, 0.05) is 6.54 Å². The van der Waals surface area contributed by atoms with E-state index < -0.39 is 5.72 Å². The number of hydrogen-bond donors (Lipinski definition) is 0.